The Morgan fingerprint density at radius 1 is 0.935 bits per heavy atom. The van der Waals surface area contributed by atoms with Crippen LogP contribution in [-0.4, -0.2) is 41.0 Å². The van der Waals surface area contributed by atoms with Crippen LogP contribution >= 0.6 is 0 Å². The van der Waals surface area contributed by atoms with Gasteiger partial charge in [-0.05, 0) is 55.6 Å². The summed E-state index contributed by atoms with van der Waals surface area (Å²) in [5.41, 5.74) is 6.27. The highest BCUT2D eigenvalue weighted by Gasteiger charge is 2.27. The van der Waals surface area contributed by atoms with Gasteiger partial charge in [-0.1, -0.05) is 74.9 Å². The molecule has 0 aliphatic heterocycles. The summed E-state index contributed by atoms with van der Waals surface area (Å²) in [7, 11) is 0. The lowest BCUT2D eigenvalue weighted by molar-refractivity contribution is 0.296. The van der Waals surface area contributed by atoms with Crippen LogP contribution in [-0.2, 0) is 6.42 Å². The molecule has 4 rings (SSSR count). The molecule has 0 saturated heterocycles. The monoisotopic (exact) mass is 414 g/mol. The van der Waals surface area contributed by atoms with E-state index >= 15 is 0 Å². The highest BCUT2D eigenvalue weighted by Crippen LogP contribution is 2.41. The second-order valence-electron chi connectivity index (χ2n) is 8.34. The van der Waals surface area contributed by atoms with Crippen LogP contribution in [0.1, 0.15) is 55.7 Å². The minimum atomic E-state index is 0.359. The molecule has 1 aromatic heterocycles. The zero-order valence-corrected chi connectivity index (χ0v) is 18.8. The Hall–Kier alpha value is -2.72. The van der Waals surface area contributed by atoms with Crippen molar-refractivity contribution in [2.24, 2.45) is 0 Å². The van der Waals surface area contributed by atoms with Crippen LogP contribution < -0.4 is 5.32 Å². The Labute approximate surface area is 186 Å². The Morgan fingerprint density at radius 2 is 1.71 bits per heavy atom. The van der Waals surface area contributed by atoms with Crippen molar-refractivity contribution < 1.29 is 0 Å². The minimum Gasteiger partial charge on any atom is -0.354 e. The van der Waals surface area contributed by atoms with Crippen molar-refractivity contribution in [1.82, 2.24) is 14.9 Å². The number of rotatable bonds is 10. The van der Waals surface area contributed by atoms with Crippen molar-refractivity contribution in [3.63, 3.8) is 0 Å². The van der Waals surface area contributed by atoms with E-state index < -0.39 is 0 Å². The number of anilines is 1. The zero-order valence-electron chi connectivity index (χ0n) is 18.8. The fourth-order valence-electron chi connectivity index (χ4n) is 4.58. The van der Waals surface area contributed by atoms with E-state index in [-0.39, 0.29) is 0 Å². The lowest BCUT2D eigenvalue weighted by Gasteiger charge is -2.27. The normalized spacial score (nSPS) is 14.9. The van der Waals surface area contributed by atoms with Crippen LogP contribution in [0.3, 0.4) is 0 Å². The number of fused-ring (bicyclic) bond motifs is 3. The molecule has 0 radical (unpaired) electrons. The maximum Gasteiger partial charge on any atom is 0.223 e. The molecule has 1 aliphatic rings. The van der Waals surface area contributed by atoms with E-state index in [4.69, 9.17) is 4.98 Å². The van der Waals surface area contributed by atoms with Gasteiger partial charge in [-0.25, -0.2) is 9.97 Å². The van der Waals surface area contributed by atoms with E-state index in [0.717, 1.165) is 44.1 Å². The number of unbranched alkanes of at least 4 members (excludes halogenated alkanes) is 2. The van der Waals surface area contributed by atoms with E-state index in [0.29, 0.717) is 5.92 Å². The molecule has 2 aromatic carbocycles. The maximum absolute atomic E-state index is 4.92. The molecule has 0 amide bonds. The molecule has 1 heterocycles. The molecule has 0 saturated carbocycles. The molecule has 0 fully saturated rings. The van der Waals surface area contributed by atoms with Gasteiger partial charge in [0.15, 0.2) is 0 Å². The maximum atomic E-state index is 4.92. The average molecular weight is 415 g/mol. The topological polar surface area (TPSA) is 41.0 Å². The molecule has 1 atom stereocenters. The largest absolute Gasteiger partial charge is 0.354 e. The summed E-state index contributed by atoms with van der Waals surface area (Å²) >= 11 is 0. The molecular formula is C27H34N4. The SMILES string of the molecule is CCN(CC)CCCCCNc1ncc2c(n1)-c1ccccc1C(c1ccccc1)C2. The van der Waals surface area contributed by atoms with Gasteiger partial charge in [-0.3, -0.25) is 0 Å². The standard InChI is InChI=1S/C27H34N4/c1-3-31(4-2)18-12-6-11-17-28-27-29-20-22-19-25(21-13-7-5-8-14-21)23-15-9-10-16-24(23)26(22)30-27/h5,7-10,13-16,20,25H,3-4,6,11-12,17-19H2,1-2H3,(H,28,29,30). The van der Waals surface area contributed by atoms with Gasteiger partial charge in [-0.15, -0.1) is 0 Å². The zero-order chi connectivity index (χ0) is 21.5. The molecule has 31 heavy (non-hydrogen) atoms. The summed E-state index contributed by atoms with van der Waals surface area (Å²) in [6.07, 6.45) is 6.60. The summed E-state index contributed by atoms with van der Waals surface area (Å²) in [6.45, 7) is 8.87. The first kappa shape index (κ1) is 21.5. The third kappa shape index (κ3) is 5.13. The smallest absolute Gasteiger partial charge is 0.223 e. The lowest BCUT2D eigenvalue weighted by Crippen LogP contribution is -2.24. The minimum absolute atomic E-state index is 0.359. The van der Waals surface area contributed by atoms with Gasteiger partial charge < -0.3 is 10.2 Å². The molecule has 1 aliphatic carbocycles. The summed E-state index contributed by atoms with van der Waals surface area (Å²) in [4.78, 5) is 12.0. The number of nitrogens with one attached hydrogen (secondary N) is 1. The second-order valence-corrected chi connectivity index (χ2v) is 8.34. The summed E-state index contributed by atoms with van der Waals surface area (Å²) in [6, 6.07) is 19.5. The third-order valence-electron chi connectivity index (χ3n) is 6.41. The van der Waals surface area contributed by atoms with E-state index in [1.54, 1.807) is 0 Å². The summed E-state index contributed by atoms with van der Waals surface area (Å²) in [5.74, 6) is 1.11. The first-order valence-corrected chi connectivity index (χ1v) is 11.8. The van der Waals surface area contributed by atoms with E-state index in [1.165, 1.54) is 41.6 Å². The molecule has 3 aromatic rings. The number of aromatic nitrogens is 2. The van der Waals surface area contributed by atoms with Gasteiger partial charge in [0.25, 0.3) is 0 Å². The first-order chi connectivity index (χ1) is 15.3. The molecule has 162 valence electrons. The third-order valence-corrected chi connectivity index (χ3v) is 6.41. The fourth-order valence-corrected chi connectivity index (χ4v) is 4.58. The van der Waals surface area contributed by atoms with Gasteiger partial charge in [0, 0.05) is 24.2 Å². The Kier molecular flexibility index (Phi) is 7.31. The van der Waals surface area contributed by atoms with E-state index in [2.05, 4.69) is 83.6 Å². The van der Waals surface area contributed by atoms with Gasteiger partial charge in [0.05, 0.1) is 5.69 Å². The van der Waals surface area contributed by atoms with E-state index in [1.807, 2.05) is 6.20 Å². The van der Waals surface area contributed by atoms with Gasteiger partial charge in [0.1, 0.15) is 0 Å². The van der Waals surface area contributed by atoms with Gasteiger partial charge >= 0.3 is 0 Å². The van der Waals surface area contributed by atoms with Crippen molar-refractivity contribution in [3.05, 3.63) is 77.5 Å². The molecule has 0 bridgehead atoms. The number of hydrogen-bond acceptors (Lipinski definition) is 4. The predicted octanol–water partition coefficient (Wildman–Crippen LogP) is 5.76. The highest BCUT2D eigenvalue weighted by molar-refractivity contribution is 5.72. The van der Waals surface area contributed by atoms with Crippen molar-refractivity contribution in [2.75, 3.05) is 31.5 Å². The lowest BCUT2D eigenvalue weighted by atomic mass is 9.78. The molecule has 4 nitrogen and oxygen atoms in total. The Balaban J connectivity index is 1.41. The summed E-state index contributed by atoms with van der Waals surface area (Å²) in [5, 5.41) is 3.45. The second kappa shape index (κ2) is 10.5. The molecule has 1 unspecified atom stereocenters. The van der Waals surface area contributed by atoms with Gasteiger partial charge in [0.2, 0.25) is 5.95 Å². The van der Waals surface area contributed by atoms with Crippen LogP contribution in [0.2, 0.25) is 0 Å². The van der Waals surface area contributed by atoms with Crippen LogP contribution in [0.5, 0.6) is 0 Å². The van der Waals surface area contributed by atoms with Crippen LogP contribution in [0.4, 0.5) is 5.95 Å². The van der Waals surface area contributed by atoms with Crippen molar-refractivity contribution >= 4 is 5.95 Å². The fraction of sp³-hybridized carbons (Fsp3) is 0.407. The molecule has 4 heteroatoms. The van der Waals surface area contributed by atoms with Crippen molar-refractivity contribution in [1.29, 1.82) is 0 Å². The summed E-state index contributed by atoms with van der Waals surface area (Å²) < 4.78 is 0. The number of nitrogens with zero attached hydrogens (tertiary/aromatic N) is 3. The van der Waals surface area contributed by atoms with Crippen molar-refractivity contribution in [3.8, 4) is 11.3 Å². The highest BCUT2D eigenvalue weighted by atomic mass is 15.1. The average Bonchev–Trinajstić information content (AvgIpc) is 2.83. The van der Waals surface area contributed by atoms with Crippen LogP contribution in [0.15, 0.2) is 60.8 Å². The molecule has 0 spiro atoms. The van der Waals surface area contributed by atoms with Crippen LogP contribution in [0, 0.1) is 0 Å². The number of benzene rings is 2. The van der Waals surface area contributed by atoms with E-state index in [9.17, 15) is 0 Å². The number of hydrogen-bond donors (Lipinski definition) is 1. The predicted molar refractivity (Wildman–Crippen MR) is 130 cm³/mol. The van der Waals surface area contributed by atoms with Crippen molar-refractivity contribution in [2.45, 2.75) is 45.4 Å². The quantitative estimate of drug-likeness (QED) is 0.429. The molecular weight excluding hydrogens is 380 g/mol. The van der Waals surface area contributed by atoms with Crippen LogP contribution in [0.25, 0.3) is 11.3 Å². The Bertz CT molecular complexity index is 966. The Morgan fingerprint density at radius 3 is 2.52 bits per heavy atom. The first-order valence-electron chi connectivity index (χ1n) is 11.8. The van der Waals surface area contributed by atoms with Gasteiger partial charge in [-0.2, -0.15) is 0 Å². The molecule has 1 N–H and O–H groups in total.